The molecule has 0 aromatic heterocycles. The second kappa shape index (κ2) is 12.9. The minimum absolute atomic E-state index is 0. The van der Waals surface area contributed by atoms with E-state index in [1.165, 1.54) is 9.20 Å². The third-order valence-electron chi connectivity index (χ3n) is 4.77. The first-order valence-electron chi connectivity index (χ1n) is 9.61. The molecule has 1 unspecified atom stereocenters. The molecule has 0 spiro atoms. The van der Waals surface area contributed by atoms with E-state index < -0.39 is 10.0 Å². The lowest BCUT2D eigenvalue weighted by Gasteiger charge is -2.23. The van der Waals surface area contributed by atoms with Crippen molar-refractivity contribution in [1.82, 2.24) is 14.5 Å². The average molecular weight is 541 g/mol. The highest BCUT2D eigenvalue weighted by Gasteiger charge is 2.25. The number of nitrogens with zero attached hydrogens (tertiary/aromatic N) is 3. The normalized spacial score (nSPS) is 17.6. The molecule has 2 rings (SSSR count). The molecule has 1 saturated heterocycles. The van der Waals surface area contributed by atoms with Crippen molar-refractivity contribution in [2.75, 3.05) is 51.3 Å². The molecule has 6 nitrogen and oxygen atoms in total. The first-order chi connectivity index (χ1) is 13.0. The molecular formula is C19H33IN4O2S2. The molecule has 0 radical (unpaired) electrons. The Morgan fingerprint density at radius 3 is 2.57 bits per heavy atom. The van der Waals surface area contributed by atoms with Crippen LogP contribution in [0, 0.1) is 5.92 Å². The van der Waals surface area contributed by atoms with Gasteiger partial charge in [0.05, 0.1) is 5.75 Å². The van der Waals surface area contributed by atoms with Crippen molar-refractivity contribution in [3.63, 3.8) is 0 Å². The predicted octanol–water partition coefficient (Wildman–Crippen LogP) is 2.97. The Labute approximate surface area is 191 Å². The first kappa shape index (κ1) is 25.5. The maximum atomic E-state index is 12.3. The number of thioether (sulfide) groups is 1. The van der Waals surface area contributed by atoms with Gasteiger partial charge in [0, 0.05) is 50.4 Å². The second-order valence-corrected chi connectivity index (χ2v) is 9.78. The van der Waals surface area contributed by atoms with Crippen molar-refractivity contribution in [3.8, 4) is 0 Å². The molecule has 28 heavy (non-hydrogen) atoms. The number of rotatable bonds is 9. The summed E-state index contributed by atoms with van der Waals surface area (Å²) in [6, 6.07) is 10.5. The fourth-order valence-electron chi connectivity index (χ4n) is 3.26. The standard InChI is InChI=1S/C19H32N4O2S2.HI/c1-4-23(5-2)27(24,25)14-12-21-19(20-3)22-13-11-17(15-22)16-26-18-9-7-6-8-10-18;/h6-10,17H,4-5,11-16H2,1-3H3,(H,20,21);1H. The molecule has 9 heteroatoms. The number of halogens is 1. The Bertz CT molecular complexity index is 697. The quantitative estimate of drug-likeness (QED) is 0.226. The van der Waals surface area contributed by atoms with Gasteiger partial charge in [-0.2, -0.15) is 0 Å². The molecule has 0 amide bonds. The zero-order valence-corrected chi connectivity index (χ0v) is 21.0. The fraction of sp³-hybridized carbons (Fsp3) is 0.632. The molecule has 160 valence electrons. The Balaban J connectivity index is 0.00000392. The predicted molar refractivity (Wildman–Crippen MR) is 130 cm³/mol. The number of nitrogens with one attached hydrogen (secondary N) is 1. The van der Waals surface area contributed by atoms with Gasteiger partial charge in [-0.05, 0) is 24.5 Å². The second-order valence-electron chi connectivity index (χ2n) is 6.60. The van der Waals surface area contributed by atoms with E-state index in [9.17, 15) is 8.42 Å². The summed E-state index contributed by atoms with van der Waals surface area (Å²) < 4.78 is 26.1. The summed E-state index contributed by atoms with van der Waals surface area (Å²) in [5.74, 6) is 2.60. The van der Waals surface area contributed by atoms with E-state index in [1.807, 2.05) is 31.7 Å². The molecule has 1 aliphatic rings. The van der Waals surface area contributed by atoms with Crippen molar-refractivity contribution in [2.24, 2.45) is 10.9 Å². The number of guanidine groups is 1. The van der Waals surface area contributed by atoms with Crippen LogP contribution in [0.2, 0.25) is 0 Å². The van der Waals surface area contributed by atoms with Gasteiger partial charge < -0.3 is 10.2 Å². The van der Waals surface area contributed by atoms with E-state index >= 15 is 0 Å². The number of sulfonamides is 1. The summed E-state index contributed by atoms with van der Waals surface area (Å²) in [6.45, 7) is 7.06. The molecule has 1 aromatic rings. The molecule has 0 bridgehead atoms. The molecule has 1 fully saturated rings. The average Bonchev–Trinajstić information content (AvgIpc) is 3.14. The van der Waals surface area contributed by atoms with E-state index in [4.69, 9.17) is 0 Å². The van der Waals surface area contributed by atoms with Crippen LogP contribution in [0.15, 0.2) is 40.2 Å². The monoisotopic (exact) mass is 540 g/mol. The Morgan fingerprint density at radius 1 is 1.29 bits per heavy atom. The number of likely N-dealkylation sites (tertiary alicyclic amines) is 1. The highest BCUT2D eigenvalue weighted by atomic mass is 127. The highest BCUT2D eigenvalue weighted by Crippen LogP contribution is 2.25. The van der Waals surface area contributed by atoms with Crippen molar-refractivity contribution in [3.05, 3.63) is 30.3 Å². The van der Waals surface area contributed by atoms with Gasteiger partial charge in [0.1, 0.15) is 0 Å². The van der Waals surface area contributed by atoms with Gasteiger partial charge in [-0.25, -0.2) is 12.7 Å². The van der Waals surface area contributed by atoms with E-state index in [1.54, 1.807) is 7.05 Å². The maximum absolute atomic E-state index is 12.3. The SMILES string of the molecule is CCN(CC)S(=O)(=O)CCNC(=NC)N1CCC(CSc2ccccc2)C1.I. The smallest absolute Gasteiger partial charge is 0.215 e. The van der Waals surface area contributed by atoms with Crippen molar-refractivity contribution in [1.29, 1.82) is 0 Å². The largest absolute Gasteiger partial charge is 0.355 e. The zero-order valence-electron chi connectivity index (χ0n) is 17.0. The van der Waals surface area contributed by atoms with Gasteiger partial charge in [-0.3, -0.25) is 4.99 Å². The summed E-state index contributed by atoms with van der Waals surface area (Å²) in [5.41, 5.74) is 0. The minimum Gasteiger partial charge on any atom is -0.355 e. The van der Waals surface area contributed by atoms with Crippen LogP contribution in [0.4, 0.5) is 0 Å². The third-order valence-corrected chi connectivity index (χ3v) is 8.03. The molecule has 0 saturated carbocycles. The Hall–Kier alpha value is -0.520. The van der Waals surface area contributed by atoms with Gasteiger partial charge in [-0.1, -0.05) is 32.0 Å². The van der Waals surface area contributed by atoms with Crippen molar-refractivity contribution >= 4 is 51.7 Å². The first-order valence-corrected chi connectivity index (χ1v) is 12.2. The van der Waals surface area contributed by atoms with E-state index in [0.29, 0.717) is 25.6 Å². The van der Waals surface area contributed by atoms with E-state index in [2.05, 4.69) is 39.5 Å². The molecule has 1 atom stereocenters. The fourth-order valence-corrected chi connectivity index (χ4v) is 5.72. The topological polar surface area (TPSA) is 65.0 Å². The van der Waals surface area contributed by atoms with Crippen LogP contribution < -0.4 is 5.32 Å². The third kappa shape index (κ3) is 7.72. The zero-order chi connectivity index (χ0) is 19.7. The van der Waals surface area contributed by atoms with Crippen LogP contribution in [0.25, 0.3) is 0 Å². The number of hydrogen-bond acceptors (Lipinski definition) is 4. The Morgan fingerprint density at radius 2 is 1.96 bits per heavy atom. The molecule has 1 N–H and O–H groups in total. The van der Waals surface area contributed by atoms with Crippen LogP contribution in [0.5, 0.6) is 0 Å². The lowest BCUT2D eigenvalue weighted by Crippen LogP contribution is -2.43. The van der Waals surface area contributed by atoms with Crippen LogP contribution in [-0.2, 0) is 10.0 Å². The van der Waals surface area contributed by atoms with E-state index in [0.717, 1.165) is 31.2 Å². The summed E-state index contributed by atoms with van der Waals surface area (Å²) in [5, 5.41) is 3.23. The number of benzene rings is 1. The van der Waals surface area contributed by atoms with Gasteiger partial charge in [0.2, 0.25) is 10.0 Å². The lowest BCUT2D eigenvalue weighted by molar-refractivity contribution is 0.443. The van der Waals surface area contributed by atoms with Crippen LogP contribution in [0.3, 0.4) is 0 Å². The molecule has 1 aromatic carbocycles. The van der Waals surface area contributed by atoms with Gasteiger partial charge >= 0.3 is 0 Å². The number of hydrogen-bond donors (Lipinski definition) is 1. The van der Waals surface area contributed by atoms with Crippen molar-refractivity contribution < 1.29 is 8.42 Å². The van der Waals surface area contributed by atoms with E-state index in [-0.39, 0.29) is 29.7 Å². The van der Waals surface area contributed by atoms with Gasteiger partial charge in [0.25, 0.3) is 0 Å². The maximum Gasteiger partial charge on any atom is 0.215 e. The highest BCUT2D eigenvalue weighted by molar-refractivity contribution is 14.0. The van der Waals surface area contributed by atoms with Crippen LogP contribution in [-0.4, -0.2) is 74.9 Å². The molecular weight excluding hydrogens is 507 g/mol. The summed E-state index contributed by atoms with van der Waals surface area (Å²) in [6.07, 6.45) is 1.14. The lowest BCUT2D eigenvalue weighted by atomic mass is 10.2. The summed E-state index contributed by atoms with van der Waals surface area (Å²) >= 11 is 1.90. The minimum atomic E-state index is -3.21. The summed E-state index contributed by atoms with van der Waals surface area (Å²) in [7, 11) is -1.45. The molecule has 1 aliphatic heterocycles. The van der Waals surface area contributed by atoms with Gasteiger partial charge in [-0.15, -0.1) is 35.7 Å². The summed E-state index contributed by atoms with van der Waals surface area (Å²) in [4.78, 5) is 7.89. The Kier molecular flexibility index (Phi) is 11.8. The van der Waals surface area contributed by atoms with Gasteiger partial charge in [0.15, 0.2) is 5.96 Å². The molecule has 1 heterocycles. The van der Waals surface area contributed by atoms with Crippen LogP contribution >= 0.6 is 35.7 Å². The van der Waals surface area contributed by atoms with Crippen LogP contribution in [0.1, 0.15) is 20.3 Å². The van der Waals surface area contributed by atoms with Crippen molar-refractivity contribution in [2.45, 2.75) is 25.2 Å². The molecule has 0 aliphatic carbocycles. The number of aliphatic imine (C=N–C) groups is 1.